The summed E-state index contributed by atoms with van der Waals surface area (Å²) in [7, 11) is 0. The molecule has 1 aromatic rings. The van der Waals surface area contributed by atoms with Crippen LogP contribution in [0.4, 0.5) is 5.69 Å². The maximum Gasteiger partial charge on any atom is 0.307 e. The van der Waals surface area contributed by atoms with Crippen LogP contribution in [0.1, 0.15) is 13.3 Å². The highest BCUT2D eigenvalue weighted by Gasteiger charge is 2.10. The zero-order valence-electron chi connectivity index (χ0n) is 9.91. The maximum absolute atomic E-state index is 11.4. The van der Waals surface area contributed by atoms with Crippen LogP contribution in [0.25, 0.3) is 0 Å². The van der Waals surface area contributed by atoms with E-state index in [0.717, 1.165) is 6.20 Å². The van der Waals surface area contributed by atoms with Crippen molar-refractivity contribution in [3.63, 3.8) is 0 Å². The highest BCUT2D eigenvalue weighted by Crippen LogP contribution is 2.07. The van der Waals surface area contributed by atoms with E-state index >= 15 is 0 Å². The highest BCUT2D eigenvalue weighted by molar-refractivity contribution is 5.85. The van der Waals surface area contributed by atoms with E-state index in [2.05, 4.69) is 10.4 Å². The lowest BCUT2D eigenvalue weighted by atomic mass is 10.2. The maximum atomic E-state index is 11.4. The van der Waals surface area contributed by atoms with Crippen LogP contribution in [0.3, 0.4) is 0 Å². The number of rotatable bonds is 6. The molecule has 1 atom stereocenters. The molecule has 8 nitrogen and oxygen atoms in total. The number of amides is 1. The van der Waals surface area contributed by atoms with Gasteiger partial charge in [-0.1, -0.05) is 0 Å². The van der Waals surface area contributed by atoms with Crippen molar-refractivity contribution in [1.29, 1.82) is 0 Å². The van der Waals surface area contributed by atoms with Crippen LogP contribution < -0.4 is 11.1 Å². The highest BCUT2D eigenvalue weighted by atomic mass is 35.5. The van der Waals surface area contributed by atoms with Crippen molar-refractivity contribution in [1.82, 2.24) is 15.1 Å². The Morgan fingerprint density at radius 2 is 2.39 bits per heavy atom. The smallest absolute Gasteiger partial charge is 0.307 e. The Labute approximate surface area is 110 Å². The Bertz CT molecular complexity index is 407. The molecule has 0 saturated heterocycles. The van der Waals surface area contributed by atoms with Crippen LogP contribution in [0.15, 0.2) is 12.4 Å². The number of aromatic nitrogens is 2. The average molecular weight is 278 g/mol. The van der Waals surface area contributed by atoms with E-state index in [9.17, 15) is 14.9 Å². The predicted octanol–water partition coefficient (Wildman–Crippen LogP) is 0.0666. The number of carbonyl (C=O) groups excluding carboxylic acids is 1. The summed E-state index contributed by atoms with van der Waals surface area (Å²) in [4.78, 5) is 21.2. The van der Waals surface area contributed by atoms with Gasteiger partial charge < -0.3 is 11.1 Å². The van der Waals surface area contributed by atoms with Crippen molar-refractivity contribution >= 4 is 24.0 Å². The zero-order valence-corrected chi connectivity index (χ0v) is 10.7. The lowest BCUT2D eigenvalue weighted by molar-refractivity contribution is -0.385. The molecule has 3 N–H and O–H groups in total. The van der Waals surface area contributed by atoms with E-state index in [0.29, 0.717) is 13.0 Å². The SMILES string of the molecule is CC(N)CCNC(=O)Cn1cc([N+](=O)[O-])cn1.Cl. The standard InChI is InChI=1S/C9H15N5O3.ClH/c1-7(10)2-3-11-9(15)6-13-5-8(4-12-13)14(16)17;/h4-5,7H,2-3,6,10H2,1H3,(H,11,15);1H. The number of nitro groups is 1. The van der Waals surface area contributed by atoms with Gasteiger partial charge >= 0.3 is 5.69 Å². The molecule has 18 heavy (non-hydrogen) atoms. The molecule has 0 saturated carbocycles. The van der Waals surface area contributed by atoms with Crippen LogP contribution in [0, 0.1) is 10.1 Å². The molecule has 0 aliphatic carbocycles. The molecule has 0 aromatic carbocycles. The first-order chi connectivity index (χ1) is 7.99. The van der Waals surface area contributed by atoms with Crippen LogP contribution in [0.5, 0.6) is 0 Å². The molecule has 102 valence electrons. The fourth-order valence-electron chi connectivity index (χ4n) is 1.18. The summed E-state index contributed by atoms with van der Waals surface area (Å²) in [6.07, 6.45) is 3.01. The third-order valence-electron chi connectivity index (χ3n) is 2.06. The first-order valence-corrected chi connectivity index (χ1v) is 5.18. The first kappa shape index (κ1) is 16.3. The Hall–Kier alpha value is -1.67. The van der Waals surface area contributed by atoms with Gasteiger partial charge in [-0.25, -0.2) is 0 Å². The molecular weight excluding hydrogens is 262 g/mol. The van der Waals surface area contributed by atoms with Crippen molar-refractivity contribution in [3.05, 3.63) is 22.5 Å². The molecule has 1 unspecified atom stereocenters. The molecule has 0 bridgehead atoms. The summed E-state index contributed by atoms with van der Waals surface area (Å²) in [5.74, 6) is -0.247. The molecule has 0 aliphatic rings. The summed E-state index contributed by atoms with van der Waals surface area (Å²) in [6, 6.07) is 0.0288. The van der Waals surface area contributed by atoms with Gasteiger partial charge in [0, 0.05) is 12.6 Å². The molecule has 1 rings (SSSR count). The molecular formula is C9H16ClN5O3. The zero-order chi connectivity index (χ0) is 12.8. The topological polar surface area (TPSA) is 116 Å². The van der Waals surface area contributed by atoms with Gasteiger partial charge in [-0.05, 0) is 13.3 Å². The summed E-state index contributed by atoms with van der Waals surface area (Å²) in [6.45, 7) is 2.30. The second kappa shape index (κ2) is 7.62. The lowest BCUT2D eigenvalue weighted by Gasteiger charge is -2.06. The fraction of sp³-hybridized carbons (Fsp3) is 0.556. The monoisotopic (exact) mass is 277 g/mol. The second-order valence-electron chi connectivity index (χ2n) is 3.77. The number of nitrogens with two attached hydrogens (primary N) is 1. The number of carbonyl (C=O) groups is 1. The van der Waals surface area contributed by atoms with E-state index in [1.54, 1.807) is 0 Å². The third-order valence-corrected chi connectivity index (χ3v) is 2.06. The molecule has 1 aromatic heterocycles. The van der Waals surface area contributed by atoms with Crippen molar-refractivity contribution in [3.8, 4) is 0 Å². The predicted molar refractivity (Wildman–Crippen MR) is 67.4 cm³/mol. The van der Waals surface area contributed by atoms with Gasteiger partial charge in [-0.3, -0.25) is 19.6 Å². The summed E-state index contributed by atoms with van der Waals surface area (Å²) in [5, 5.41) is 16.7. The van der Waals surface area contributed by atoms with Gasteiger partial charge in [-0.2, -0.15) is 5.10 Å². The Kier molecular flexibility index (Phi) is 6.91. The van der Waals surface area contributed by atoms with Gasteiger partial charge in [-0.15, -0.1) is 12.4 Å². The quantitative estimate of drug-likeness (QED) is 0.564. The molecule has 0 radical (unpaired) electrons. The normalized spacial score (nSPS) is 11.4. The molecule has 9 heteroatoms. The second-order valence-corrected chi connectivity index (χ2v) is 3.77. The van der Waals surface area contributed by atoms with E-state index in [-0.39, 0.29) is 36.6 Å². The minimum atomic E-state index is -0.558. The van der Waals surface area contributed by atoms with Crippen molar-refractivity contribution in [2.75, 3.05) is 6.54 Å². The molecule has 0 aliphatic heterocycles. The number of hydrogen-bond acceptors (Lipinski definition) is 5. The molecule has 0 fully saturated rings. The molecule has 0 spiro atoms. The van der Waals surface area contributed by atoms with E-state index < -0.39 is 4.92 Å². The summed E-state index contributed by atoms with van der Waals surface area (Å²) < 4.78 is 1.22. The van der Waals surface area contributed by atoms with Crippen LogP contribution in [-0.4, -0.2) is 33.2 Å². The Balaban J connectivity index is 0.00000289. The molecule has 1 heterocycles. The fourth-order valence-corrected chi connectivity index (χ4v) is 1.18. The van der Waals surface area contributed by atoms with Crippen molar-refractivity contribution in [2.24, 2.45) is 5.73 Å². The average Bonchev–Trinajstić information content (AvgIpc) is 2.65. The third kappa shape index (κ3) is 5.60. The summed E-state index contributed by atoms with van der Waals surface area (Å²) >= 11 is 0. The Morgan fingerprint density at radius 3 is 2.89 bits per heavy atom. The van der Waals surface area contributed by atoms with Gasteiger partial charge in [0.1, 0.15) is 18.9 Å². The number of halogens is 1. The van der Waals surface area contributed by atoms with Gasteiger partial charge in [0.15, 0.2) is 0 Å². The van der Waals surface area contributed by atoms with Gasteiger partial charge in [0.25, 0.3) is 0 Å². The Morgan fingerprint density at radius 1 is 1.72 bits per heavy atom. The van der Waals surface area contributed by atoms with E-state index in [1.165, 1.54) is 10.9 Å². The van der Waals surface area contributed by atoms with Gasteiger partial charge in [0.2, 0.25) is 5.91 Å². The number of hydrogen-bond donors (Lipinski definition) is 2. The summed E-state index contributed by atoms with van der Waals surface area (Å²) in [5.41, 5.74) is 5.39. The van der Waals surface area contributed by atoms with Crippen molar-refractivity contribution < 1.29 is 9.72 Å². The molecule has 1 amide bonds. The van der Waals surface area contributed by atoms with Crippen LogP contribution in [-0.2, 0) is 11.3 Å². The lowest BCUT2D eigenvalue weighted by Crippen LogP contribution is -2.31. The minimum absolute atomic E-state index is 0. The van der Waals surface area contributed by atoms with Crippen molar-refractivity contribution in [2.45, 2.75) is 25.9 Å². The number of nitrogens with zero attached hydrogens (tertiary/aromatic N) is 3. The van der Waals surface area contributed by atoms with Crippen LogP contribution in [0.2, 0.25) is 0 Å². The first-order valence-electron chi connectivity index (χ1n) is 5.18. The number of nitrogens with one attached hydrogen (secondary N) is 1. The van der Waals surface area contributed by atoms with E-state index in [1.807, 2.05) is 6.92 Å². The van der Waals surface area contributed by atoms with Crippen LogP contribution >= 0.6 is 12.4 Å². The minimum Gasteiger partial charge on any atom is -0.354 e. The largest absolute Gasteiger partial charge is 0.354 e. The van der Waals surface area contributed by atoms with Gasteiger partial charge in [0.05, 0.1) is 4.92 Å². The van der Waals surface area contributed by atoms with E-state index in [4.69, 9.17) is 5.73 Å².